The van der Waals surface area contributed by atoms with E-state index in [1.165, 1.54) is 29.2 Å². The predicted octanol–water partition coefficient (Wildman–Crippen LogP) is 1.08. The van der Waals surface area contributed by atoms with Crippen LogP contribution in [0.4, 0.5) is 16.2 Å². The van der Waals surface area contributed by atoms with E-state index in [-0.39, 0.29) is 37.8 Å². The van der Waals surface area contributed by atoms with Gasteiger partial charge in [-0.3, -0.25) is 34.3 Å². The molecule has 0 saturated carbocycles. The van der Waals surface area contributed by atoms with Crippen LogP contribution in [0.1, 0.15) is 38.2 Å². The summed E-state index contributed by atoms with van der Waals surface area (Å²) < 4.78 is 5.12. The van der Waals surface area contributed by atoms with Crippen LogP contribution in [-0.2, 0) is 30.5 Å². The second-order valence-electron chi connectivity index (χ2n) is 9.98. The monoisotopic (exact) mass is 642 g/mol. The zero-order valence-electron chi connectivity index (χ0n) is 25.2. The highest BCUT2D eigenvalue weighted by atomic mass is 16.6. The van der Waals surface area contributed by atoms with Crippen molar-refractivity contribution in [2.24, 2.45) is 16.5 Å². The number of aliphatic imine (C=N–C) groups is 1. The number of aliphatic carboxylic acids is 1. The SMILES string of the molecule is CC(=O)O.NC(N)=NCCC[C@H](NC(=O)[C@@H]1CCCN1C(=O)CNC(=O)OCc1ccccc1)C(=O)Nc1ccc([N+](=O)[O-])cc1. The molecule has 46 heavy (non-hydrogen) atoms. The number of rotatable bonds is 13. The Morgan fingerprint density at radius 3 is 2.37 bits per heavy atom. The minimum absolute atomic E-state index is 0.0438. The summed E-state index contributed by atoms with van der Waals surface area (Å²) in [6.45, 7) is 1.30. The number of nitrogens with zero attached hydrogens (tertiary/aromatic N) is 3. The first-order chi connectivity index (χ1) is 21.9. The molecule has 0 aliphatic carbocycles. The van der Waals surface area contributed by atoms with E-state index in [0.717, 1.165) is 12.5 Å². The maximum absolute atomic E-state index is 13.2. The van der Waals surface area contributed by atoms with Crippen LogP contribution in [0.3, 0.4) is 0 Å². The fourth-order valence-electron chi connectivity index (χ4n) is 4.30. The van der Waals surface area contributed by atoms with Gasteiger partial charge in [-0.25, -0.2) is 4.79 Å². The number of amides is 4. The van der Waals surface area contributed by atoms with Crippen molar-refractivity contribution < 1.29 is 38.7 Å². The molecule has 1 heterocycles. The second kappa shape index (κ2) is 18.8. The number of carbonyl (C=O) groups is 5. The van der Waals surface area contributed by atoms with Gasteiger partial charge in [-0.2, -0.15) is 0 Å². The van der Waals surface area contributed by atoms with E-state index in [2.05, 4.69) is 20.9 Å². The van der Waals surface area contributed by atoms with Crippen LogP contribution in [0, 0.1) is 10.1 Å². The Hall–Kier alpha value is -5.74. The van der Waals surface area contributed by atoms with E-state index in [1.54, 1.807) is 12.1 Å². The van der Waals surface area contributed by atoms with Gasteiger partial charge in [-0.05, 0) is 43.4 Å². The molecule has 0 unspecified atom stereocenters. The first-order valence-electron chi connectivity index (χ1n) is 14.2. The normalized spacial score (nSPS) is 14.0. The Bertz CT molecular complexity index is 1380. The van der Waals surface area contributed by atoms with Gasteiger partial charge in [-0.15, -0.1) is 0 Å². The highest BCUT2D eigenvalue weighted by Crippen LogP contribution is 2.19. The maximum atomic E-state index is 13.2. The summed E-state index contributed by atoms with van der Waals surface area (Å²) in [6.07, 6.45) is 0.708. The van der Waals surface area contributed by atoms with Gasteiger partial charge in [0.15, 0.2) is 5.96 Å². The smallest absolute Gasteiger partial charge is 0.407 e. The van der Waals surface area contributed by atoms with Crippen LogP contribution >= 0.6 is 0 Å². The van der Waals surface area contributed by atoms with Crippen LogP contribution in [0.25, 0.3) is 0 Å². The molecule has 1 fully saturated rings. The molecule has 3 rings (SSSR count). The van der Waals surface area contributed by atoms with Crippen molar-refractivity contribution in [3.8, 4) is 0 Å². The lowest BCUT2D eigenvalue weighted by Gasteiger charge is -2.26. The Morgan fingerprint density at radius 2 is 1.76 bits per heavy atom. The lowest BCUT2D eigenvalue weighted by atomic mass is 10.1. The van der Waals surface area contributed by atoms with Crippen molar-refractivity contribution in [1.82, 2.24) is 15.5 Å². The second-order valence-corrected chi connectivity index (χ2v) is 9.98. The number of hydrogen-bond acceptors (Lipinski definition) is 9. The maximum Gasteiger partial charge on any atom is 0.407 e. The van der Waals surface area contributed by atoms with E-state index in [9.17, 15) is 29.3 Å². The van der Waals surface area contributed by atoms with Gasteiger partial charge in [0.2, 0.25) is 17.7 Å². The molecule has 1 aliphatic rings. The van der Waals surface area contributed by atoms with Gasteiger partial charge < -0.3 is 42.2 Å². The molecular weight excluding hydrogens is 604 g/mol. The molecule has 248 valence electrons. The Morgan fingerprint density at radius 1 is 1.11 bits per heavy atom. The number of carboxylic acids is 1. The van der Waals surface area contributed by atoms with Gasteiger partial charge >= 0.3 is 6.09 Å². The van der Waals surface area contributed by atoms with Gasteiger partial charge in [0.25, 0.3) is 11.7 Å². The van der Waals surface area contributed by atoms with Crippen LogP contribution in [0.2, 0.25) is 0 Å². The Kier molecular flexibility index (Phi) is 14.9. The quantitative estimate of drug-likeness (QED) is 0.0592. The third-order valence-corrected chi connectivity index (χ3v) is 6.40. The molecule has 0 aromatic heterocycles. The lowest BCUT2D eigenvalue weighted by molar-refractivity contribution is -0.384. The third kappa shape index (κ3) is 13.3. The number of nitro groups is 1. The van der Waals surface area contributed by atoms with Gasteiger partial charge in [0, 0.05) is 37.8 Å². The number of hydrogen-bond donors (Lipinski definition) is 6. The van der Waals surface area contributed by atoms with Crippen molar-refractivity contribution in [1.29, 1.82) is 0 Å². The fraction of sp³-hybridized carbons (Fsp3) is 0.379. The number of nitrogens with one attached hydrogen (secondary N) is 3. The fourth-order valence-corrected chi connectivity index (χ4v) is 4.30. The molecule has 8 N–H and O–H groups in total. The van der Waals surface area contributed by atoms with Gasteiger partial charge in [-0.1, -0.05) is 30.3 Å². The molecule has 17 nitrogen and oxygen atoms in total. The zero-order chi connectivity index (χ0) is 34.1. The molecule has 0 radical (unpaired) electrons. The molecular formula is C29H38N8O9. The number of carbonyl (C=O) groups excluding carboxylic acids is 4. The van der Waals surface area contributed by atoms with Gasteiger partial charge in [0.1, 0.15) is 25.2 Å². The molecule has 4 amide bonds. The van der Waals surface area contributed by atoms with E-state index in [4.69, 9.17) is 26.1 Å². The molecule has 0 bridgehead atoms. The number of alkyl carbamates (subject to hydrolysis) is 1. The number of likely N-dealkylation sites (tertiary alicyclic amines) is 1. The number of carboxylic acid groups (broad SMARTS) is 1. The van der Waals surface area contributed by atoms with E-state index >= 15 is 0 Å². The van der Waals surface area contributed by atoms with Crippen LogP contribution < -0.4 is 27.4 Å². The summed E-state index contributed by atoms with van der Waals surface area (Å²) in [4.78, 5) is 75.8. The minimum atomic E-state index is -1.01. The minimum Gasteiger partial charge on any atom is -0.481 e. The summed E-state index contributed by atoms with van der Waals surface area (Å²) in [6, 6.07) is 12.5. The third-order valence-electron chi connectivity index (χ3n) is 6.40. The number of ether oxygens (including phenoxy) is 1. The molecule has 1 aliphatic heterocycles. The predicted molar refractivity (Wildman–Crippen MR) is 166 cm³/mol. The molecule has 17 heteroatoms. The molecule has 2 aromatic carbocycles. The van der Waals surface area contributed by atoms with E-state index in [0.29, 0.717) is 31.5 Å². The first kappa shape index (κ1) is 36.5. The summed E-state index contributed by atoms with van der Waals surface area (Å²) in [7, 11) is 0. The van der Waals surface area contributed by atoms with Crippen molar-refractivity contribution >= 4 is 47.1 Å². The number of nitro benzene ring substituents is 1. The van der Waals surface area contributed by atoms with Crippen molar-refractivity contribution in [3.05, 3.63) is 70.3 Å². The van der Waals surface area contributed by atoms with Crippen molar-refractivity contribution in [3.63, 3.8) is 0 Å². The van der Waals surface area contributed by atoms with E-state index in [1.807, 2.05) is 18.2 Å². The molecule has 2 aromatic rings. The summed E-state index contributed by atoms with van der Waals surface area (Å²) in [5.41, 5.74) is 11.7. The lowest BCUT2D eigenvalue weighted by Crippen LogP contribution is -2.53. The molecule has 1 saturated heterocycles. The van der Waals surface area contributed by atoms with Crippen LogP contribution in [-0.4, -0.2) is 82.4 Å². The highest BCUT2D eigenvalue weighted by molar-refractivity contribution is 5.98. The van der Waals surface area contributed by atoms with Crippen molar-refractivity contribution in [2.45, 2.75) is 51.3 Å². The number of non-ortho nitro benzene ring substituents is 1. The number of guanidine groups is 1. The first-order valence-corrected chi connectivity index (χ1v) is 14.2. The van der Waals surface area contributed by atoms with Crippen LogP contribution in [0.15, 0.2) is 59.6 Å². The van der Waals surface area contributed by atoms with E-state index < -0.39 is 46.8 Å². The standard InChI is InChI=1S/C27H34N8O7.C2H4O2/c28-26(29)30-14-4-8-21(24(37)32-19-10-12-20(13-11-19)35(40)41)33-25(38)22-9-5-15-34(22)23(36)16-31-27(39)42-17-18-6-2-1-3-7-18;1-2(3)4/h1-3,6-7,10-13,21-22H,4-5,8-9,14-17H2,(H,31,39)(H,32,37)(H,33,38)(H4,28,29,30);1H3,(H,3,4)/t21-,22-;/m0./s1. The average molecular weight is 643 g/mol. The summed E-state index contributed by atoms with van der Waals surface area (Å²) >= 11 is 0. The highest BCUT2D eigenvalue weighted by Gasteiger charge is 2.35. The van der Waals surface area contributed by atoms with Gasteiger partial charge in [0.05, 0.1) is 4.92 Å². The zero-order valence-corrected chi connectivity index (χ0v) is 25.2. The van der Waals surface area contributed by atoms with Crippen molar-refractivity contribution in [2.75, 3.05) is 25.0 Å². The number of benzene rings is 2. The number of anilines is 1. The number of nitrogens with two attached hydrogens (primary N) is 2. The summed E-state index contributed by atoms with van der Waals surface area (Å²) in [5, 5.41) is 26.1. The molecule has 0 spiro atoms. The Balaban J connectivity index is 0.00000173. The largest absolute Gasteiger partial charge is 0.481 e. The summed E-state index contributed by atoms with van der Waals surface area (Å²) in [5.74, 6) is -2.49. The Labute approximate surface area is 264 Å². The topological polar surface area (TPSA) is 262 Å². The van der Waals surface area contributed by atoms with Crippen LogP contribution in [0.5, 0.6) is 0 Å². The molecule has 2 atom stereocenters. The average Bonchev–Trinajstić information content (AvgIpc) is 3.51.